The van der Waals surface area contributed by atoms with Crippen LogP contribution in [0.5, 0.6) is 11.5 Å². The average molecular weight is 828 g/mol. The van der Waals surface area contributed by atoms with E-state index in [1.54, 1.807) is 29.2 Å². The lowest BCUT2D eigenvalue weighted by atomic mass is 9.79. The molecule has 0 atom stereocenters. The lowest BCUT2D eigenvalue weighted by Crippen LogP contribution is -2.62. The molecule has 2 fully saturated rings. The average Bonchev–Trinajstić information content (AvgIpc) is 3.88. The zero-order chi connectivity index (χ0) is 43.9. The number of piperidine rings is 2. The summed E-state index contributed by atoms with van der Waals surface area (Å²) in [5, 5.41) is 50.4. The van der Waals surface area contributed by atoms with E-state index < -0.39 is 0 Å². The van der Waals surface area contributed by atoms with Gasteiger partial charge in [0.2, 0.25) is 5.89 Å². The molecular formula is C47H61N11O3. The molecule has 0 aliphatic carbocycles. The van der Waals surface area contributed by atoms with E-state index in [0.717, 1.165) is 54.3 Å². The second-order valence-electron chi connectivity index (χ2n) is 19.3. The number of aromatic nitrogens is 7. The first-order valence-electron chi connectivity index (χ1n) is 21.0. The van der Waals surface area contributed by atoms with Gasteiger partial charge in [-0.1, -0.05) is 0 Å². The molecule has 6 aromatic rings. The number of aromatic hydroxyl groups is 2. The number of rotatable bonds is 8. The quantitative estimate of drug-likeness (QED) is 0.116. The van der Waals surface area contributed by atoms with E-state index in [2.05, 4.69) is 120 Å². The zero-order valence-corrected chi connectivity index (χ0v) is 37.4. The number of hydrogen-bond donors (Lipinski definition) is 4. The van der Waals surface area contributed by atoms with Crippen molar-refractivity contribution in [3.05, 3.63) is 91.1 Å². The maximum atomic E-state index is 10.6. The Morgan fingerprint density at radius 3 is 1.54 bits per heavy atom. The molecular weight excluding hydrogens is 767 g/mol. The highest BCUT2D eigenvalue weighted by molar-refractivity contribution is 5.72. The van der Waals surface area contributed by atoms with Crippen LogP contribution in [0.25, 0.3) is 39.7 Å². The first kappa shape index (κ1) is 43.2. The van der Waals surface area contributed by atoms with Crippen LogP contribution in [0.4, 0.5) is 11.6 Å². The van der Waals surface area contributed by atoms with Gasteiger partial charge in [-0.25, -0.2) is 9.67 Å². The van der Waals surface area contributed by atoms with Gasteiger partial charge >= 0.3 is 0 Å². The zero-order valence-electron chi connectivity index (χ0n) is 37.4. The molecule has 14 nitrogen and oxygen atoms in total. The van der Waals surface area contributed by atoms with E-state index in [-0.39, 0.29) is 33.7 Å². The molecule has 61 heavy (non-hydrogen) atoms. The number of nitrogens with zero attached hydrogens (tertiary/aromatic N) is 9. The summed E-state index contributed by atoms with van der Waals surface area (Å²) in [6.07, 6.45) is 9.32. The Bertz CT molecular complexity index is 2390. The molecule has 0 radical (unpaired) electrons. The molecule has 2 aliphatic rings. The molecule has 14 heteroatoms. The van der Waals surface area contributed by atoms with E-state index in [1.165, 1.54) is 0 Å². The summed E-state index contributed by atoms with van der Waals surface area (Å²) in [6, 6.07) is 21.1. The maximum absolute atomic E-state index is 10.6. The molecule has 0 amide bonds. The normalized spacial score (nSPS) is 18.2. The van der Waals surface area contributed by atoms with Crippen LogP contribution in [-0.2, 0) is 0 Å². The Kier molecular flexibility index (Phi) is 11.7. The Hall–Kier alpha value is -5.86. The van der Waals surface area contributed by atoms with Gasteiger partial charge in [-0.3, -0.25) is 0 Å². The first-order chi connectivity index (χ1) is 28.7. The Morgan fingerprint density at radius 1 is 0.656 bits per heavy atom. The smallest absolute Gasteiger partial charge is 0.226 e. The van der Waals surface area contributed by atoms with Gasteiger partial charge in [0.05, 0.1) is 23.3 Å². The molecule has 0 bridgehead atoms. The molecule has 4 N–H and O–H groups in total. The van der Waals surface area contributed by atoms with Gasteiger partial charge in [-0.05, 0) is 149 Å². The Balaban J connectivity index is 0.000000184. The highest BCUT2D eigenvalue weighted by Crippen LogP contribution is 2.36. The van der Waals surface area contributed by atoms with Crippen LogP contribution in [0.3, 0.4) is 0 Å². The van der Waals surface area contributed by atoms with Crippen LogP contribution in [-0.4, -0.2) is 93.7 Å². The van der Waals surface area contributed by atoms with Gasteiger partial charge in [0.1, 0.15) is 17.3 Å². The van der Waals surface area contributed by atoms with Gasteiger partial charge in [-0.2, -0.15) is 5.10 Å². The van der Waals surface area contributed by atoms with E-state index in [0.29, 0.717) is 40.5 Å². The van der Waals surface area contributed by atoms with Crippen molar-refractivity contribution < 1.29 is 14.6 Å². The van der Waals surface area contributed by atoms with Crippen LogP contribution < -0.4 is 20.4 Å². The highest BCUT2D eigenvalue weighted by atomic mass is 16.4. The molecule has 2 aliphatic heterocycles. The largest absolute Gasteiger partial charge is 0.507 e. The van der Waals surface area contributed by atoms with Crippen molar-refractivity contribution in [1.82, 2.24) is 45.8 Å². The van der Waals surface area contributed by atoms with Crippen molar-refractivity contribution in [2.24, 2.45) is 0 Å². The summed E-state index contributed by atoms with van der Waals surface area (Å²) < 4.78 is 7.24. The number of anilines is 2. The summed E-state index contributed by atoms with van der Waals surface area (Å²) in [4.78, 5) is 8.65. The number of nitrogens with one attached hydrogen (secondary N) is 2. The topological polar surface area (TPSA) is 166 Å². The fraction of sp³-hybridized carbons (Fsp3) is 0.447. The van der Waals surface area contributed by atoms with Gasteiger partial charge in [0.25, 0.3) is 0 Å². The summed E-state index contributed by atoms with van der Waals surface area (Å²) in [7, 11) is 4.17. The van der Waals surface area contributed by atoms with Gasteiger partial charge < -0.3 is 35.1 Å². The minimum absolute atomic E-state index is 0.0585. The fourth-order valence-electron chi connectivity index (χ4n) is 9.44. The van der Waals surface area contributed by atoms with E-state index >= 15 is 0 Å². The monoisotopic (exact) mass is 827 g/mol. The number of hydrogen-bond acceptors (Lipinski definition) is 13. The minimum atomic E-state index is 0.0585. The fourth-order valence-corrected chi connectivity index (χ4v) is 9.44. The lowest BCUT2D eigenvalue weighted by molar-refractivity contribution is 0.160. The number of phenolic OH excluding ortho intramolecular Hbond substituents is 2. The molecule has 4 aromatic heterocycles. The van der Waals surface area contributed by atoms with Gasteiger partial charge in [0, 0.05) is 83.5 Å². The second kappa shape index (κ2) is 16.5. The van der Waals surface area contributed by atoms with Crippen molar-refractivity contribution in [3.8, 4) is 51.2 Å². The van der Waals surface area contributed by atoms with Gasteiger partial charge in [0.15, 0.2) is 11.6 Å². The highest BCUT2D eigenvalue weighted by Gasteiger charge is 2.41. The van der Waals surface area contributed by atoms with Crippen LogP contribution in [0.2, 0.25) is 0 Å². The van der Waals surface area contributed by atoms with Crippen molar-refractivity contribution in [1.29, 1.82) is 0 Å². The molecule has 0 saturated carbocycles. The molecule has 322 valence electrons. The first-order valence-corrected chi connectivity index (χ1v) is 21.0. The summed E-state index contributed by atoms with van der Waals surface area (Å²) >= 11 is 0. The van der Waals surface area contributed by atoms with Crippen molar-refractivity contribution >= 4 is 11.6 Å². The number of phenols is 2. The maximum Gasteiger partial charge on any atom is 0.226 e. The summed E-state index contributed by atoms with van der Waals surface area (Å²) in [5.41, 5.74) is 4.29. The molecule has 2 saturated heterocycles. The third kappa shape index (κ3) is 10.2. The van der Waals surface area contributed by atoms with Crippen LogP contribution in [0.1, 0.15) is 86.8 Å². The van der Waals surface area contributed by atoms with Gasteiger partial charge in [-0.15, -0.1) is 20.4 Å². The van der Waals surface area contributed by atoms with Crippen molar-refractivity contribution in [2.75, 3.05) is 23.9 Å². The Morgan fingerprint density at radius 2 is 1.15 bits per heavy atom. The SMILES string of the molecule is CN(c1ccc(-c2ccc(-n3cccn3)cc2O)nn1)C1CC(C)(C)NC(C)(C)C1.Cc1cnc(-c2ccc(-c3ccc(N(C)C4CC(C)(C)NC(C)(C)C4)nn3)c(O)c2)o1. The number of aryl methyl sites for hydroxylation is 1. The van der Waals surface area contributed by atoms with Crippen molar-refractivity contribution in [3.63, 3.8) is 0 Å². The van der Waals surface area contributed by atoms with E-state index in [9.17, 15) is 10.2 Å². The standard InChI is InChI=1S/C24H31N5O2.C23H30N6O/c1-15-14-25-22(31-15)16-7-8-18(20(30)11-16)19-9-10-21(27-26-19)29(6)17-12-23(2,3)28-24(4,5)13-17;1-22(2)14-17(15-23(3,4)27-22)28(5)21-10-9-19(25-26-21)18-8-7-16(13-20(18)30)29-12-6-11-24-29/h7-11,14,17,28,30H,12-13H2,1-6H3;6-13,17,27,30H,14-15H2,1-5H3. The van der Waals surface area contributed by atoms with Crippen molar-refractivity contribution in [2.45, 2.75) is 122 Å². The minimum Gasteiger partial charge on any atom is -0.507 e. The van der Waals surface area contributed by atoms with Crippen LogP contribution in [0.15, 0.2) is 89.7 Å². The number of benzene rings is 2. The van der Waals surface area contributed by atoms with E-state index in [4.69, 9.17) is 4.42 Å². The molecule has 0 unspecified atom stereocenters. The summed E-state index contributed by atoms with van der Waals surface area (Å²) in [5.74, 6) is 3.14. The summed E-state index contributed by atoms with van der Waals surface area (Å²) in [6.45, 7) is 19.8. The predicted octanol–water partition coefficient (Wildman–Crippen LogP) is 8.34. The Labute approximate surface area is 359 Å². The molecule has 8 rings (SSSR count). The van der Waals surface area contributed by atoms with Crippen LogP contribution >= 0.6 is 0 Å². The van der Waals surface area contributed by atoms with E-state index in [1.807, 2.05) is 67.7 Å². The third-order valence-corrected chi connectivity index (χ3v) is 11.6. The van der Waals surface area contributed by atoms with Crippen LogP contribution in [0, 0.1) is 6.92 Å². The second-order valence-corrected chi connectivity index (χ2v) is 19.3. The predicted molar refractivity (Wildman–Crippen MR) is 241 cm³/mol. The third-order valence-electron chi connectivity index (χ3n) is 11.6. The molecule has 0 spiro atoms. The number of oxazole rings is 1. The molecule has 2 aromatic carbocycles. The molecule has 6 heterocycles. The lowest BCUT2D eigenvalue weighted by Gasteiger charge is -2.49.